The number of nitrogens with zero attached hydrogens (tertiary/aromatic N) is 2. The van der Waals surface area contributed by atoms with Crippen molar-refractivity contribution in [1.82, 2.24) is 4.57 Å². The molecule has 0 amide bonds. The Morgan fingerprint density at radius 3 is 2.69 bits per heavy atom. The summed E-state index contributed by atoms with van der Waals surface area (Å²) in [4.78, 5) is 0. The molecule has 0 saturated carbocycles. The van der Waals surface area contributed by atoms with Gasteiger partial charge in [0, 0.05) is 18.9 Å². The maximum absolute atomic E-state index is 8.96. The lowest BCUT2D eigenvalue weighted by Gasteiger charge is -2.06. The Balaban J connectivity index is 2.27. The molecule has 3 heteroatoms. The molecule has 16 heavy (non-hydrogen) atoms. The van der Waals surface area contributed by atoms with E-state index in [-0.39, 0.29) is 0 Å². The fraction of sp³-hybridized carbons (Fsp3) is 0.154. The molecule has 80 valence electrons. The molecule has 0 bridgehead atoms. The smallest absolute Gasteiger partial charge is 0.136 e. The van der Waals surface area contributed by atoms with Crippen LogP contribution in [0.5, 0.6) is 5.75 Å². The van der Waals surface area contributed by atoms with Gasteiger partial charge in [-0.05, 0) is 29.8 Å². The lowest BCUT2D eigenvalue weighted by molar-refractivity contribution is 0.413. The van der Waals surface area contributed by atoms with Crippen molar-refractivity contribution in [3.8, 4) is 11.8 Å². The summed E-state index contributed by atoms with van der Waals surface area (Å²) in [6, 6.07) is 11.8. The van der Waals surface area contributed by atoms with Crippen molar-refractivity contribution in [3.05, 3.63) is 53.9 Å². The summed E-state index contributed by atoms with van der Waals surface area (Å²) < 4.78 is 7.16. The molecule has 0 fully saturated rings. The SMILES string of the molecule is COc1ccc(Cn2cccc2)cc1C#N. The molecule has 1 aromatic carbocycles. The predicted molar refractivity (Wildman–Crippen MR) is 61.2 cm³/mol. The molecule has 0 spiro atoms. The maximum Gasteiger partial charge on any atom is 0.136 e. The maximum atomic E-state index is 8.96. The second-order valence-electron chi connectivity index (χ2n) is 3.50. The first-order valence-corrected chi connectivity index (χ1v) is 5.01. The Hall–Kier alpha value is -2.21. The highest BCUT2D eigenvalue weighted by atomic mass is 16.5. The van der Waals surface area contributed by atoms with E-state index in [1.165, 1.54) is 0 Å². The highest BCUT2D eigenvalue weighted by Crippen LogP contribution is 2.19. The van der Waals surface area contributed by atoms with Crippen molar-refractivity contribution in [2.45, 2.75) is 6.54 Å². The zero-order valence-corrected chi connectivity index (χ0v) is 9.05. The van der Waals surface area contributed by atoms with Gasteiger partial charge in [0.2, 0.25) is 0 Å². The Bertz CT molecular complexity index is 509. The summed E-state index contributed by atoms with van der Waals surface area (Å²) in [5, 5.41) is 8.96. The molecule has 0 aliphatic carbocycles. The fourth-order valence-corrected chi connectivity index (χ4v) is 1.63. The summed E-state index contributed by atoms with van der Waals surface area (Å²) in [6.45, 7) is 0.770. The van der Waals surface area contributed by atoms with E-state index in [2.05, 4.69) is 10.6 Å². The number of nitriles is 1. The van der Waals surface area contributed by atoms with Gasteiger partial charge in [0.15, 0.2) is 0 Å². The van der Waals surface area contributed by atoms with Crippen LogP contribution in [-0.2, 0) is 6.54 Å². The minimum Gasteiger partial charge on any atom is -0.495 e. The third kappa shape index (κ3) is 2.06. The highest BCUT2D eigenvalue weighted by molar-refractivity contribution is 5.45. The van der Waals surface area contributed by atoms with Gasteiger partial charge in [0.1, 0.15) is 11.8 Å². The van der Waals surface area contributed by atoms with Crippen molar-refractivity contribution in [3.63, 3.8) is 0 Å². The third-order valence-electron chi connectivity index (χ3n) is 2.42. The number of methoxy groups -OCH3 is 1. The van der Waals surface area contributed by atoms with Crippen molar-refractivity contribution in [2.24, 2.45) is 0 Å². The normalized spacial score (nSPS) is 9.75. The topological polar surface area (TPSA) is 38.0 Å². The average molecular weight is 212 g/mol. The van der Waals surface area contributed by atoms with Crippen LogP contribution >= 0.6 is 0 Å². The van der Waals surface area contributed by atoms with Gasteiger partial charge in [0.05, 0.1) is 12.7 Å². The molecule has 0 aliphatic heterocycles. The summed E-state index contributed by atoms with van der Waals surface area (Å²) in [5.74, 6) is 0.624. The van der Waals surface area contributed by atoms with E-state index in [9.17, 15) is 0 Å². The quantitative estimate of drug-likeness (QED) is 0.783. The summed E-state index contributed by atoms with van der Waals surface area (Å²) in [6.07, 6.45) is 3.99. The van der Waals surface area contributed by atoms with E-state index in [1.807, 2.05) is 42.7 Å². The first-order valence-electron chi connectivity index (χ1n) is 5.01. The number of aromatic nitrogens is 1. The van der Waals surface area contributed by atoms with Crippen LogP contribution in [0.1, 0.15) is 11.1 Å². The minimum atomic E-state index is 0.576. The van der Waals surface area contributed by atoms with Gasteiger partial charge >= 0.3 is 0 Å². The molecule has 0 N–H and O–H groups in total. The molecule has 0 unspecified atom stereocenters. The van der Waals surface area contributed by atoms with Crippen molar-refractivity contribution < 1.29 is 4.74 Å². The Morgan fingerprint density at radius 2 is 2.06 bits per heavy atom. The molecule has 0 saturated heterocycles. The molecule has 2 aromatic rings. The van der Waals surface area contributed by atoms with Crippen molar-refractivity contribution in [1.29, 1.82) is 5.26 Å². The van der Waals surface area contributed by atoms with E-state index in [4.69, 9.17) is 10.00 Å². The highest BCUT2D eigenvalue weighted by Gasteiger charge is 2.03. The minimum absolute atomic E-state index is 0.576. The molecule has 0 atom stereocenters. The molecule has 0 aliphatic rings. The van der Waals surface area contributed by atoms with Crippen LogP contribution in [0.3, 0.4) is 0 Å². The second kappa shape index (κ2) is 4.54. The standard InChI is InChI=1S/C13H12N2O/c1-16-13-5-4-11(8-12(13)9-14)10-15-6-2-3-7-15/h2-8H,10H2,1H3. The summed E-state index contributed by atoms with van der Waals surface area (Å²) in [7, 11) is 1.57. The zero-order valence-electron chi connectivity index (χ0n) is 9.05. The Labute approximate surface area is 94.5 Å². The molecule has 2 rings (SSSR count). The molecular weight excluding hydrogens is 200 g/mol. The van der Waals surface area contributed by atoms with Crippen LogP contribution in [0.25, 0.3) is 0 Å². The molecule has 3 nitrogen and oxygen atoms in total. The molecule has 1 aromatic heterocycles. The number of benzene rings is 1. The summed E-state index contributed by atoms with van der Waals surface area (Å²) in [5.41, 5.74) is 1.67. The van der Waals surface area contributed by atoms with E-state index in [0.29, 0.717) is 11.3 Å². The van der Waals surface area contributed by atoms with Crippen LogP contribution in [0, 0.1) is 11.3 Å². The van der Waals surface area contributed by atoms with Gasteiger partial charge < -0.3 is 9.30 Å². The van der Waals surface area contributed by atoms with Gasteiger partial charge in [-0.1, -0.05) is 6.07 Å². The largest absolute Gasteiger partial charge is 0.495 e. The first kappa shape index (κ1) is 10.3. The van der Waals surface area contributed by atoms with Gasteiger partial charge in [0.25, 0.3) is 0 Å². The lowest BCUT2D eigenvalue weighted by Crippen LogP contribution is -1.97. The van der Waals surface area contributed by atoms with Gasteiger partial charge in [-0.3, -0.25) is 0 Å². The molecular formula is C13H12N2O. The number of rotatable bonds is 3. The van der Waals surface area contributed by atoms with E-state index >= 15 is 0 Å². The van der Waals surface area contributed by atoms with Crippen LogP contribution in [0.15, 0.2) is 42.7 Å². The number of hydrogen-bond donors (Lipinski definition) is 0. The van der Waals surface area contributed by atoms with Crippen LogP contribution in [0.2, 0.25) is 0 Å². The first-order chi connectivity index (χ1) is 7.83. The van der Waals surface area contributed by atoms with E-state index < -0.39 is 0 Å². The lowest BCUT2D eigenvalue weighted by atomic mass is 10.1. The average Bonchev–Trinajstić information content (AvgIpc) is 2.81. The second-order valence-corrected chi connectivity index (χ2v) is 3.50. The number of hydrogen-bond acceptors (Lipinski definition) is 2. The number of ether oxygens (including phenoxy) is 1. The van der Waals surface area contributed by atoms with Crippen LogP contribution in [0.4, 0.5) is 0 Å². The molecule has 0 radical (unpaired) electrons. The van der Waals surface area contributed by atoms with Gasteiger partial charge in [-0.2, -0.15) is 5.26 Å². The zero-order chi connectivity index (χ0) is 11.4. The predicted octanol–water partition coefficient (Wildman–Crippen LogP) is 2.42. The van der Waals surface area contributed by atoms with Gasteiger partial charge in [-0.25, -0.2) is 0 Å². The van der Waals surface area contributed by atoms with Crippen LogP contribution in [-0.4, -0.2) is 11.7 Å². The monoisotopic (exact) mass is 212 g/mol. The Kier molecular flexibility index (Phi) is 2.93. The Morgan fingerprint density at radius 1 is 1.31 bits per heavy atom. The van der Waals surface area contributed by atoms with E-state index in [1.54, 1.807) is 7.11 Å². The van der Waals surface area contributed by atoms with E-state index in [0.717, 1.165) is 12.1 Å². The summed E-state index contributed by atoms with van der Waals surface area (Å²) >= 11 is 0. The van der Waals surface area contributed by atoms with Crippen molar-refractivity contribution >= 4 is 0 Å². The van der Waals surface area contributed by atoms with Crippen LogP contribution < -0.4 is 4.74 Å². The molecule has 1 heterocycles. The fourth-order valence-electron chi connectivity index (χ4n) is 1.63. The van der Waals surface area contributed by atoms with Gasteiger partial charge in [-0.15, -0.1) is 0 Å². The third-order valence-corrected chi connectivity index (χ3v) is 2.42. The van der Waals surface area contributed by atoms with Crippen molar-refractivity contribution in [2.75, 3.05) is 7.11 Å².